The van der Waals surface area contributed by atoms with Crippen LogP contribution in [0.1, 0.15) is 34.6 Å². The van der Waals surface area contributed by atoms with Gasteiger partial charge in [-0.2, -0.15) is 0 Å². The molecule has 4 N–H and O–H groups in total. The summed E-state index contributed by atoms with van der Waals surface area (Å²) in [5.74, 6) is -0.446. The van der Waals surface area contributed by atoms with Crippen molar-refractivity contribution in [1.29, 1.82) is 0 Å². The monoisotopic (exact) mass is 276 g/mol. The van der Waals surface area contributed by atoms with Crippen molar-refractivity contribution in [3.63, 3.8) is 0 Å². The lowest BCUT2D eigenvalue weighted by molar-refractivity contribution is -0.177. The third-order valence-electron chi connectivity index (χ3n) is 2.45. The molecule has 2 unspecified atom stereocenters. The molecule has 0 saturated carbocycles. The zero-order valence-electron chi connectivity index (χ0n) is 12.6. The molecule has 0 fully saturated rings. The fraction of sp³-hybridized carbons (Fsp3) is 0.923. The molecule has 0 radical (unpaired) electrons. The van der Waals surface area contributed by atoms with E-state index in [9.17, 15) is 4.79 Å². The van der Waals surface area contributed by atoms with Crippen molar-refractivity contribution in [3.05, 3.63) is 0 Å². The number of hydrogen-bond acceptors (Lipinski definition) is 6. The van der Waals surface area contributed by atoms with Crippen LogP contribution in [0.25, 0.3) is 0 Å². The van der Waals surface area contributed by atoms with E-state index in [0.717, 1.165) is 0 Å². The van der Waals surface area contributed by atoms with Crippen LogP contribution >= 0.6 is 0 Å². The van der Waals surface area contributed by atoms with E-state index in [-0.39, 0.29) is 24.9 Å². The summed E-state index contributed by atoms with van der Waals surface area (Å²) in [6.45, 7) is 9.69. The maximum atomic E-state index is 11.9. The summed E-state index contributed by atoms with van der Waals surface area (Å²) in [6.07, 6.45) is -0.472. The van der Waals surface area contributed by atoms with E-state index in [2.05, 4.69) is 0 Å². The van der Waals surface area contributed by atoms with E-state index in [1.54, 1.807) is 20.8 Å². The van der Waals surface area contributed by atoms with Gasteiger partial charge < -0.3 is 25.7 Å². The van der Waals surface area contributed by atoms with Crippen LogP contribution in [0.2, 0.25) is 0 Å². The lowest BCUT2D eigenvalue weighted by Gasteiger charge is -2.27. The Hall–Kier alpha value is -0.690. The summed E-state index contributed by atoms with van der Waals surface area (Å²) in [6, 6.07) is 0. The van der Waals surface area contributed by atoms with Gasteiger partial charge >= 0.3 is 5.97 Å². The number of esters is 1. The lowest BCUT2D eigenvalue weighted by Crippen LogP contribution is -2.43. The first-order chi connectivity index (χ1) is 8.72. The topological polar surface area (TPSA) is 96.8 Å². The smallest absolute Gasteiger partial charge is 0.337 e. The zero-order valence-corrected chi connectivity index (χ0v) is 12.6. The SMILES string of the molecule is CC(C)OC(CN)COC(=O)C(C)(C)OC(C)CN. The maximum Gasteiger partial charge on any atom is 0.337 e. The van der Waals surface area contributed by atoms with Gasteiger partial charge in [0, 0.05) is 13.1 Å². The Bertz CT molecular complexity index is 269. The summed E-state index contributed by atoms with van der Waals surface area (Å²) in [4.78, 5) is 11.9. The van der Waals surface area contributed by atoms with Crippen LogP contribution in [-0.2, 0) is 19.0 Å². The highest BCUT2D eigenvalue weighted by Crippen LogP contribution is 2.14. The number of rotatable bonds is 9. The van der Waals surface area contributed by atoms with Crippen molar-refractivity contribution in [3.8, 4) is 0 Å². The van der Waals surface area contributed by atoms with E-state index < -0.39 is 11.6 Å². The van der Waals surface area contributed by atoms with Crippen molar-refractivity contribution in [2.24, 2.45) is 11.5 Å². The van der Waals surface area contributed by atoms with Crippen LogP contribution in [0.5, 0.6) is 0 Å². The minimum Gasteiger partial charge on any atom is -0.461 e. The van der Waals surface area contributed by atoms with E-state index in [0.29, 0.717) is 13.1 Å². The van der Waals surface area contributed by atoms with Gasteiger partial charge in [0.2, 0.25) is 0 Å². The van der Waals surface area contributed by atoms with Crippen LogP contribution < -0.4 is 11.5 Å². The molecule has 19 heavy (non-hydrogen) atoms. The van der Waals surface area contributed by atoms with Gasteiger partial charge in [-0.1, -0.05) is 0 Å². The van der Waals surface area contributed by atoms with Crippen molar-refractivity contribution >= 4 is 5.97 Å². The molecule has 0 aromatic rings. The van der Waals surface area contributed by atoms with Gasteiger partial charge in [0.1, 0.15) is 12.7 Å². The van der Waals surface area contributed by atoms with Crippen LogP contribution in [0.3, 0.4) is 0 Å². The number of carbonyl (C=O) groups excluding carboxylic acids is 1. The van der Waals surface area contributed by atoms with Crippen molar-refractivity contribution in [2.75, 3.05) is 19.7 Å². The standard InChI is InChI=1S/C13H28N2O4/c1-9(2)18-11(7-15)8-17-12(16)13(4,5)19-10(3)6-14/h9-11H,6-8,14-15H2,1-5H3. The highest BCUT2D eigenvalue weighted by Gasteiger charge is 2.32. The molecule has 0 aliphatic rings. The molecule has 0 aromatic carbocycles. The van der Waals surface area contributed by atoms with Gasteiger partial charge in [0.15, 0.2) is 5.60 Å². The Morgan fingerprint density at radius 1 is 1.16 bits per heavy atom. The molecule has 2 atom stereocenters. The Labute approximate surface area is 115 Å². The Balaban J connectivity index is 4.27. The number of carbonyl (C=O) groups is 1. The molecule has 0 aliphatic heterocycles. The Kier molecular flexibility index (Phi) is 8.17. The van der Waals surface area contributed by atoms with Crippen LogP contribution in [0, 0.1) is 0 Å². The van der Waals surface area contributed by atoms with E-state index in [1.807, 2.05) is 13.8 Å². The normalized spacial score (nSPS) is 15.4. The first-order valence-corrected chi connectivity index (χ1v) is 6.63. The first kappa shape index (κ1) is 18.3. The number of hydrogen-bond donors (Lipinski definition) is 2. The van der Waals surface area contributed by atoms with Gasteiger partial charge in [0.25, 0.3) is 0 Å². The van der Waals surface area contributed by atoms with E-state index in [4.69, 9.17) is 25.7 Å². The predicted molar refractivity (Wildman–Crippen MR) is 73.7 cm³/mol. The quantitative estimate of drug-likeness (QED) is 0.593. The molecule has 0 amide bonds. The Morgan fingerprint density at radius 3 is 2.16 bits per heavy atom. The lowest BCUT2D eigenvalue weighted by atomic mass is 10.1. The van der Waals surface area contributed by atoms with Crippen LogP contribution in [0.4, 0.5) is 0 Å². The molecular formula is C13H28N2O4. The minimum absolute atomic E-state index is 0.0359. The summed E-state index contributed by atoms with van der Waals surface area (Å²) in [5.41, 5.74) is 9.99. The predicted octanol–water partition coefficient (Wildman–Crippen LogP) is 0.424. The highest BCUT2D eigenvalue weighted by molar-refractivity contribution is 5.78. The summed E-state index contributed by atoms with van der Waals surface area (Å²) >= 11 is 0. The molecule has 0 heterocycles. The van der Waals surface area contributed by atoms with E-state index >= 15 is 0 Å². The average Bonchev–Trinajstić information content (AvgIpc) is 2.32. The Morgan fingerprint density at radius 2 is 1.74 bits per heavy atom. The molecule has 0 bridgehead atoms. The van der Waals surface area contributed by atoms with Crippen molar-refractivity contribution in [1.82, 2.24) is 0 Å². The van der Waals surface area contributed by atoms with Crippen molar-refractivity contribution in [2.45, 2.75) is 58.5 Å². The molecule has 6 heteroatoms. The molecule has 114 valence electrons. The zero-order chi connectivity index (χ0) is 15.1. The summed E-state index contributed by atoms with van der Waals surface area (Å²) in [5, 5.41) is 0. The fourth-order valence-corrected chi connectivity index (χ4v) is 1.49. The number of ether oxygens (including phenoxy) is 3. The second-order valence-electron chi connectivity index (χ2n) is 5.32. The molecule has 0 spiro atoms. The molecule has 0 rings (SSSR count). The molecule has 0 saturated heterocycles. The molecule has 6 nitrogen and oxygen atoms in total. The molecular weight excluding hydrogens is 248 g/mol. The van der Waals surface area contributed by atoms with Gasteiger partial charge in [-0.3, -0.25) is 0 Å². The minimum atomic E-state index is -1.03. The molecule has 0 aliphatic carbocycles. The van der Waals surface area contributed by atoms with Gasteiger partial charge in [-0.25, -0.2) is 4.79 Å². The second-order valence-corrected chi connectivity index (χ2v) is 5.32. The highest BCUT2D eigenvalue weighted by atomic mass is 16.6. The molecule has 0 aromatic heterocycles. The first-order valence-electron chi connectivity index (χ1n) is 6.63. The summed E-state index contributed by atoms with van der Waals surface area (Å²) < 4.78 is 16.2. The average molecular weight is 276 g/mol. The van der Waals surface area contributed by atoms with Crippen molar-refractivity contribution < 1.29 is 19.0 Å². The maximum absolute atomic E-state index is 11.9. The van der Waals surface area contributed by atoms with Gasteiger partial charge in [-0.15, -0.1) is 0 Å². The van der Waals surface area contributed by atoms with Crippen LogP contribution in [-0.4, -0.2) is 49.6 Å². The fourth-order valence-electron chi connectivity index (χ4n) is 1.49. The third kappa shape index (κ3) is 7.47. The largest absolute Gasteiger partial charge is 0.461 e. The number of nitrogens with two attached hydrogens (primary N) is 2. The van der Waals surface area contributed by atoms with Gasteiger partial charge in [0.05, 0.1) is 12.2 Å². The van der Waals surface area contributed by atoms with Crippen LogP contribution in [0.15, 0.2) is 0 Å². The van der Waals surface area contributed by atoms with Gasteiger partial charge in [-0.05, 0) is 34.6 Å². The second kappa shape index (κ2) is 8.47. The third-order valence-corrected chi connectivity index (χ3v) is 2.45. The summed E-state index contributed by atoms with van der Waals surface area (Å²) in [7, 11) is 0. The van der Waals surface area contributed by atoms with E-state index in [1.165, 1.54) is 0 Å².